The highest BCUT2D eigenvalue weighted by molar-refractivity contribution is 7.80. The van der Waals surface area contributed by atoms with Crippen LogP contribution in [0.5, 0.6) is 5.75 Å². The van der Waals surface area contributed by atoms with Crippen molar-refractivity contribution in [3.05, 3.63) is 47.2 Å². The number of hydrogen-bond acceptors (Lipinski definition) is 15. The van der Waals surface area contributed by atoms with Crippen LogP contribution in [-0.2, 0) is 47.5 Å². The minimum atomic E-state index is -5.03. The van der Waals surface area contributed by atoms with E-state index in [-0.39, 0.29) is 10.8 Å². The highest BCUT2D eigenvalue weighted by Gasteiger charge is 2.58. The third-order valence-corrected chi connectivity index (χ3v) is 8.39. The van der Waals surface area contributed by atoms with Crippen LogP contribution in [0.4, 0.5) is 5.13 Å². The van der Waals surface area contributed by atoms with Gasteiger partial charge >= 0.3 is 16.4 Å². The second kappa shape index (κ2) is 15.8. The Morgan fingerprint density at radius 1 is 1.20 bits per heavy atom. The van der Waals surface area contributed by atoms with E-state index in [0.717, 1.165) is 34.6 Å². The number of nitrogens with two attached hydrogens (primary N) is 3. The van der Waals surface area contributed by atoms with Gasteiger partial charge in [-0.2, -0.15) is 13.5 Å². The Hall–Kier alpha value is -4.87. The van der Waals surface area contributed by atoms with Crippen molar-refractivity contribution in [3.8, 4) is 17.0 Å². The summed E-state index contributed by atoms with van der Waals surface area (Å²) in [4.78, 5) is 51.6. The number of hydroxylamine groups is 2. The van der Waals surface area contributed by atoms with Gasteiger partial charge in [0.15, 0.2) is 10.8 Å². The number of carbonyl (C=O) groups is 3. The van der Waals surface area contributed by atoms with Gasteiger partial charge in [-0.15, -0.1) is 15.6 Å². The maximum atomic E-state index is 13.3. The van der Waals surface area contributed by atoms with Crippen molar-refractivity contribution in [2.45, 2.75) is 44.5 Å². The Morgan fingerprint density at radius 3 is 2.46 bits per heavy atom. The molecule has 0 aliphatic carbocycles. The Labute approximate surface area is 290 Å². The molecule has 1 aliphatic heterocycles. The number of anilines is 1. The van der Waals surface area contributed by atoms with E-state index in [9.17, 15) is 27.9 Å². The number of aromatic nitrogens is 3. The summed E-state index contributed by atoms with van der Waals surface area (Å²) in [5.74, 6) is -3.17. The molecule has 2 amide bonds. The molecule has 1 fully saturated rings. The van der Waals surface area contributed by atoms with Crippen LogP contribution in [0, 0.1) is 0 Å². The van der Waals surface area contributed by atoms with Crippen LogP contribution >= 0.6 is 11.3 Å². The van der Waals surface area contributed by atoms with Gasteiger partial charge in [-0.3, -0.25) is 19.1 Å². The number of benzene rings is 1. The second-order valence-electron chi connectivity index (χ2n) is 11.4. The van der Waals surface area contributed by atoms with Crippen LogP contribution in [0.15, 0.2) is 46.0 Å². The van der Waals surface area contributed by atoms with E-state index in [1.807, 2.05) is 22.4 Å². The monoisotopic (exact) mass is 738 g/mol. The molecule has 22 heteroatoms. The minimum absolute atomic E-state index is 0.0525. The van der Waals surface area contributed by atoms with Gasteiger partial charge in [0, 0.05) is 31.7 Å². The molecule has 20 nitrogen and oxygen atoms in total. The quantitative estimate of drug-likeness (QED) is 0.0412. The molecule has 4 rings (SSSR count). The molecule has 0 radical (unpaired) electrons. The summed E-state index contributed by atoms with van der Waals surface area (Å²) in [7, 11) is -3.14. The third-order valence-electron chi connectivity index (χ3n) is 7.38. The van der Waals surface area contributed by atoms with Gasteiger partial charge in [-0.05, 0) is 56.6 Å². The summed E-state index contributed by atoms with van der Waals surface area (Å²) in [5.41, 5.74) is 17.4. The fourth-order valence-electron chi connectivity index (χ4n) is 4.83. The average Bonchev–Trinajstić information content (AvgIpc) is 3.63. The van der Waals surface area contributed by atoms with Gasteiger partial charge in [-0.25, -0.2) is 9.78 Å². The number of nitrogens with one attached hydrogen (secondary N) is 1. The number of thiazole rings is 1. The first-order valence-corrected chi connectivity index (χ1v) is 17.2. The largest absolute Gasteiger partial charge is 0.489 e. The number of amides is 2. The first kappa shape index (κ1) is 37.9. The van der Waals surface area contributed by atoms with Gasteiger partial charge in [0.1, 0.15) is 24.1 Å². The first-order chi connectivity index (χ1) is 23.6. The number of ether oxygens (including phenoxy) is 1. The van der Waals surface area contributed by atoms with Crippen molar-refractivity contribution in [1.29, 1.82) is 0 Å². The molecular formula is C28H38N10O10S2. The predicted octanol–water partition coefficient (Wildman–Crippen LogP) is -1.17. The standard InChI is InChI=1S/C28H38N10O10S2/c1-28(2)22(24(40)38(28)48-50(43,44)45)34-23(39)21(18-15-49-26(31)33-18)35-47-20(25(41)42)14-46-17-7-5-16(6-8-17)19-13-37(12-4-9-29)27(36(19)3)32-11-10-30/h5-8,13,15,20,22H,4,9-12,14,29-30H2,1-3H3,(H2,31,33)(H,34,39)(H,41,42)(H,43,44,45)/b32-27+,35-21-/t20-,22+/m0/s1. The molecule has 2 aromatic heterocycles. The molecule has 272 valence electrons. The first-order valence-electron chi connectivity index (χ1n) is 15.0. The zero-order chi connectivity index (χ0) is 36.8. The van der Waals surface area contributed by atoms with E-state index in [2.05, 4.69) is 24.7 Å². The van der Waals surface area contributed by atoms with Crippen LogP contribution in [-0.4, -0.2) is 105 Å². The van der Waals surface area contributed by atoms with E-state index in [1.165, 1.54) is 19.2 Å². The van der Waals surface area contributed by atoms with Gasteiger partial charge in [0.2, 0.25) is 5.62 Å². The molecule has 0 unspecified atom stereocenters. The summed E-state index contributed by atoms with van der Waals surface area (Å²) in [6, 6.07) is 5.54. The van der Waals surface area contributed by atoms with E-state index < -0.39 is 58.2 Å². The van der Waals surface area contributed by atoms with Crippen LogP contribution in [0.25, 0.3) is 11.3 Å². The molecule has 0 bridgehead atoms. The molecule has 50 heavy (non-hydrogen) atoms. The lowest BCUT2D eigenvalue weighted by atomic mass is 9.84. The van der Waals surface area contributed by atoms with Gasteiger partial charge in [0.25, 0.3) is 17.9 Å². The molecule has 1 saturated heterocycles. The molecule has 0 saturated carbocycles. The summed E-state index contributed by atoms with van der Waals surface area (Å²) in [6.45, 7) is 4.26. The smallest absolute Gasteiger partial charge is 0.418 e. The summed E-state index contributed by atoms with van der Waals surface area (Å²) in [6.07, 6.45) is 1.02. The number of nitrogen functional groups attached to an aromatic ring is 1. The molecule has 1 aromatic carbocycles. The summed E-state index contributed by atoms with van der Waals surface area (Å²) in [5, 5.41) is 17.7. The van der Waals surface area contributed by atoms with Crippen molar-refractivity contribution in [1.82, 2.24) is 24.5 Å². The number of β-lactam (4-membered cyclic amide) rings is 1. The second-order valence-corrected chi connectivity index (χ2v) is 13.2. The number of nitrogens with zero attached hydrogens (tertiary/aromatic N) is 6. The fraction of sp³-hybridized carbons (Fsp3) is 0.429. The van der Waals surface area contributed by atoms with Crippen molar-refractivity contribution in [2.24, 2.45) is 28.7 Å². The van der Waals surface area contributed by atoms with Crippen molar-refractivity contribution < 1.29 is 46.3 Å². The van der Waals surface area contributed by atoms with Crippen molar-refractivity contribution in [3.63, 3.8) is 0 Å². The van der Waals surface area contributed by atoms with Crippen molar-refractivity contribution in [2.75, 3.05) is 32.0 Å². The zero-order valence-electron chi connectivity index (χ0n) is 27.3. The molecule has 3 heterocycles. The molecule has 0 spiro atoms. The zero-order valence-corrected chi connectivity index (χ0v) is 28.9. The van der Waals surface area contributed by atoms with E-state index in [0.29, 0.717) is 37.0 Å². The van der Waals surface area contributed by atoms with Crippen LogP contribution in [0.3, 0.4) is 0 Å². The average molecular weight is 739 g/mol. The number of aryl methyl sites for hydroxylation is 1. The number of rotatable bonds is 17. The lowest BCUT2D eigenvalue weighted by Gasteiger charge is -2.50. The van der Waals surface area contributed by atoms with E-state index >= 15 is 0 Å². The summed E-state index contributed by atoms with van der Waals surface area (Å²) >= 11 is 0.954. The highest BCUT2D eigenvalue weighted by Crippen LogP contribution is 2.33. The molecular weight excluding hydrogens is 701 g/mol. The number of carboxylic acid groups (broad SMARTS) is 1. The van der Waals surface area contributed by atoms with Crippen LogP contribution < -0.4 is 32.9 Å². The van der Waals surface area contributed by atoms with Gasteiger partial charge < -0.3 is 46.3 Å². The number of aliphatic carboxylic acids is 1. The molecule has 3 aromatic rings. The number of imidazole rings is 1. The maximum Gasteiger partial charge on any atom is 0.418 e. The molecule has 1 aliphatic rings. The third kappa shape index (κ3) is 8.83. The van der Waals surface area contributed by atoms with Gasteiger partial charge in [-0.1, -0.05) is 5.16 Å². The van der Waals surface area contributed by atoms with Crippen LogP contribution in [0.1, 0.15) is 26.0 Å². The fourth-order valence-corrected chi connectivity index (χ4v) is 5.83. The molecule has 9 N–H and O–H groups in total. The predicted molar refractivity (Wildman–Crippen MR) is 179 cm³/mol. The van der Waals surface area contributed by atoms with Gasteiger partial charge in [0.05, 0.1) is 17.8 Å². The Bertz CT molecular complexity index is 1920. The van der Waals surface area contributed by atoms with E-state index in [1.54, 1.807) is 24.3 Å². The molecule has 2 atom stereocenters. The topological polar surface area (TPSA) is 294 Å². The SMILES string of the molecule is Cn1c(-c2ccc(OC[C@H](O/N=C(\C(=O)N[C@@H]3C(=O)N(OS(=O)(=O)O)C3(C)C)c3csc(N)n3)C(=O)O)cc2)cn(CCCN)/c1=N/CCN. The Morgan fingerprint density at radius 2 is 1.90 bits per heavy atom. The number of carbonyl (C=O) groups excluding carboxylic acids is 2. The van der Waals surface area contributed by atoms with E-state index in [4.69, 9.17) is 31.3 Å². The number of carboxylic acids is 1. The van der Waals surface area contributed by atoms with Crippen LogP contribution in [0.2, 0.25) is 0 Å². The Kier molecular flexibility index (Phi) is 12.0. The number of hydrogen-bond donors (Lipinski definition) is 6. The summed E-state index contributed by atoms with van der Waals surface area (Å²) < 4.78 is 45.1. The minimum Gasteiger partial charge on any atom is -0.489 e. The highest BCUT2D eigenvalue weighted by atomic mass is 32.3. The maximum absolute atomic E-state index is 13.3. The normalized spacial score (nSPS) is 17.0. The lowest BCUT2D eigenvalue weighted by Crippen LogP contribution is -2.76. The number of oxime groups is 1. The Balaban J connectivity index is 1.48. The lowest BCUT2D eigenvalue weighted by molar-refractivity contribution is -0.218. The van der Waals surface area contributed by atoms with Crippen molar-refractivity contribution >= 4 is 50.4 Å².